The number of aromatic nitrogens is 2. The normalized spacial score (nSPS) is 18.9. The summed E-state index contributed by atoms with van der Waals surface area (Å²) < 4.78 is 28.9. The number of carbonyl (C=O) groups is 1. The fraction of sp³-hybridized carbons (Fsp3) is 0.389. The van der Waals surface area contributed by atoms with Crippen LogP contribution < -0.4 is 4.74 Å². The van der Waals surface area contributed by atoms with Crippen molar-refractivity contribution in [2.75, 3.05) is 11.5 Å². The Morgan fingerprint density at radius 2 is 2.08 bits per heavy atom. The highest BCUT2D eigenvalue weighted by Gasteiger charge is 2.29. The number of hydrogen-bond acceptors (Lipinski definition) is 6. The van der Waals surface area contributed by atoms with Gasteiger partial charge in [0.15, 0.2) is 15.6 Å². The van der Waals surface area contributed by atoms with E-state index in [0.717, 1.165) is 5.56 Å². The van der Waals surface area contributed by atoms with Gasteiger partial charge in [0.25, 0.3) is 0 Å². The molecule has 0 bridgehead atoms. The zero-order chi connectivity index (χ0) is 18.0. The Morgan fingerprint density at radius 1 is 1.28 bits per heavy atom. The number of carbonyl (C=O) groups excluding carboxylic acids is 1. The third-order valence-corrected chi connectivity index (χ3v) is 5.76. The molecule has 0 saturated carbocycles. The van der Waals surface area contributed by atoms with Crippen molar-refractivity contribution < 1.29 is 17.9 Å². The van der Waals surface area contributed by atoms with Crippen LogP contribution in [0.3, 0.4) is 0 Å². The molecule has 2 aromatic heterocycles. The van der Waals surface area contributed by atoms with Gasteiger partial charge in [0.05, 0.1) is 17.9 Å². The molecule has 25 heavy (non-hydrogen) atoms. The number of sulfone groups is 1. The van der Waals surface area contributed by atoms with Gasteiger partial charge in [0.1, 0.15) is 17.5 Å². The summed E-state index contributed by atoms with van der Waals surface area (Å²) >= 11 is 0. The number of Topliss-reactive ketones (excluding diaryl/α,β-unsaturated/α-hetero) is 1. The topological polar surface area (TPSA) is 86.2 Å². The standard InChI is InChI=1S/C18H20N2O4S/c1-12-3-4-14(19-10-12)8-18(21)17-9-16(7-13(2)20-17)24-15-5-6-25(22,23)11-15/h3-4,7,9-10,15H,5-6,8,11H2,1-2H3. The van der Waals surface area contributed by atoms with Gasteiger partial charge < -0.3 is 4.74 Å². The molecule has 0 radical (unpaired) electrons. The average Bonchev–Trinajstić information content (AvgIpc) is 2.87. The van der Waals surface area contributed by atoms with Crippen LogP contribution >= 0.6 is 0 Å². The van der Waals surface area contributed by atoms with E-state index in [2.05, 4.69) is 9.97 Å². The molecular formula is C18H20N2O4S. The van der Waals surface area contributed by atoms with E-state index in [0.29, 0.717) is 29.3 Å². The van der Waals surface area contributed by atoms with Crippen LogP contribution in [-0.2, 0) is 16.3 Å². The Labute approximate surface area is 147 Å². The van der Waals surface area contributed by atoms with E-state index in [1.807, 2.05) is 19.1 Å². The highest BCUT2D eigenvalue weighted by atomic mass is 32.2. The predicted octanol–water partition coefficient (Wildman–Crippen LogP) is 2.08. The lowest BCUT2D eigenvalue weighted by Gasteiger charge is -2.13. The van der Waals surface area contributed by atoms with Crippen molar-refractivity contribution in [3.05, 3.63) is 53.1 Å². The van der Waals surface area contributed by atoms with E-state index in [1.165, 1.54) is 0 Å². The number of pyridine rings is 2. The Balaban J connectivity index is 1.74. The summed E-state index contributed by atoms with van der Waals surface area (Å²) in [5, 5.41) is 0. The molecule has 0 amide bonds. The first kappa shape index (κ1) is 17.5. The molecule has 132 valence electrons. The summed E-state index contributed by atoms with van der Waals surface area (Å²) in [5.41, 5.74) is 2.67. The van der Waals surface area contributed by atoms with E-state index in [-0.39, 0.29) is 29.8 Å². The lowest BCUT2D eigenvalue weighted by Crippen LogP contribution is -2.18. The number of nitrogens with zero attached hydrogens (tertiary/aromatic N) is 2. The summed E-state index contributed by atoms with van der Waals surface area (Å²) in [4.78, 5) is 21.0. The van der Waals surface area contributed by atoms with Crippen molar-refractivity contribution in [2.45, 2.75) is 32.8 Å². The van der Waals surface area contributed by atoms with Crippen LogP contribution in [0.2, 0.25) is 0 Å². The lowest BCUT2D eigenvalue weighted by molar-refractivity contribution is 0.0986. The molecule has 0 N–H and O–H groups in total. The first-order valence-electron chi connectivity index (χ1n) is 8.11. The summed E-state index contributed by atoms with van der Waals surface area (Å²) in [6, 6.07) is 7.03. The van der Waals surface area contributed by atoms with Gasteiger partial charge in [-0.15, -0.1) is 0 Å². The SMILES string of the molecule is Cc1ccc(CC(=O)c2cc(OC3CCS(=O)(=O)C3)cc(C)n2)nc1. The number of ether oxygens (including phenoxy) is 1. The number of rotatable bonds is 5. The number of aryl methyl sites for hydroxylation is 2. The van der Waals surface area contributed by atoms with Crippen molar-refractivity contribution in [1.29, 1.82) is 0 Å². The fourth-order valence-electron chi connectivity index (χ4n) is 2.75. The van der Waals surface area contributed by atoms with Crippen LogP contribution in [0, 0.1) is 13.8 Å². The second kappa shape index (κ2) is 6.92. The molecular weight excluding hydrogens is 340 g/mol. The maximum absolute atomic E-state index is 12.5. The minimum atomic E-state index is -3.01. The predicted molar refractivity (Wildman–Crippen MR) is 93.7 cm³/mol. The van der Waals surface area contributed by atoms with Gasteiger partial charge in [-0.3, -0.25) is 9.78 Å². The molecule has 1 saturated heterocycles. The van der Waals surface area contributed by atoms with Crippen molar-refractivity contribution in [3.8, 4) is 5.75 Å². The second-order valence-electron chi connectivity index (χ2n) is 6.40. The van der Waals surface area contributed by atoms with Gasteiger partial charge in [-0.1, -0.05) is 6.07 Å². The lowest BCUT2D eigenvalue weighted by atomic mass is 10.1. The van der Waals surface area contributed by atoms with E-state index in [1.54, 1.807) is 25.3 Å². The van der Waals surface area contributed by atoms with Gasteiger partial charge in [-0.25, -0.2) is 13.4 Å². The van der Waals surface area contributed by atoms with E-state index >= 15 is 0 Å². The molecule has 1 aliphatic rings. The fourth-order valence-corrected chi connectivity index (χ4v) is 4.34. The summed E-state index contributed by atoms with van der Waals surface area (Å²) in [6.45, 7) is 3.71. The Bertz CT molecular complexity index is 892. The largest absolute Gasteiger partial charge is 0.489 e. The molecule has 7 heteroatoms. The van der Waals surface area contributed by atoms with Gasteiger partial charge in [0, 0.05) is 29.7 Å². The number of ketones is 1. The van der Waals surface area contributed by atoms with Crippen molar-refractivity contribution >= 4 is 15.6 Å². The van der Waals surface area contributed by atoms with Crippen LogP contribution in [0.4, 0.5) is 0 Å². The van der Waals surface area contributed by atoms with Gasteiger partial charge in [-0.05, 0) is 31.9 Å². The highest BCUT2D eigenvalue weighted by Crippen LogP contribution is 2.22. The average molecular weight is 360 g/mol. The quantitative estimate of drug-likeness (QED) is 0.759. The van der Waals surface area contributed by atoms with Crippen molar-refractivity contribution in [3.63, 3.8) is 0 Å². The Morgan fingerprint density at radius 3 is 2.72 bits per heavy atom. The Hall–Kier alpha value is -2.28. The highest BCUT2D eigenvalue weighted by molar-refractivity contribution is 7.91. The zero-order valence-corrected chi connectivity index (χ0v) is 15.0. The van der Waals surface area contributed by atoms with Crippen LogP contribution in [0.1, 0.15) is 33.9 Å². The van der Waals surface area contributed by atoms with Crippen LogP contribution in [0.15, 0.2) is 30.5 Å². The Kier molecular flexibility index (Phi) is 4.85. The first-order chi connectivity index (χ1) is 11.8. The molecule has 2 aromatic rings. The molecule has 6 nitrogen and oxygen atoms in total. The maximum atomic E-state index is 12.5. The zero-order valence-electron chi connectivity index (χ0n) is 14.2. The summed E-state index contributed by atoms with van der Waals surface area (Å²) in [5.74, 6) is 0.496. The third kappa shape index (κ3) is 4.63. The minimum Gasteiger partial charge on any atom is -0.489 e. The molecule has 0 aromatic carbocycles. The molecule has 0 spiro atoms. The minimum absolute atomic E-state index is 0.0188. The summed E-state index contributed by atoms with van der Waals surface area (Å²) in [7, 11) is -3.01. The van der Waals surface area contributed by atoms with Crippen LogP contribution in [0.25, 0.3) is 0 Å². The van der Waals surface area contributed by atoms with Gasteiger partial charge >= 0.3 is 0 Å². The molecule has 1 unspecified atom stereocenters. The van der Waals surface area contributed by atoms with E-state index < -0.39 is 9.84 Å². The van der Waals surface area contributed by atoms with Crippen LogP contribution in [0.5, 0.6) is 5.75 Å². The van der Waals surface area contributed by atoms with Crippen LogP contribution in [-0.4, -0.2) is 41.8 Å². The molecule has 3 rings (SSSR count). The van der Waals surface area contributed by atoms with E-state index in [9.17, 15) is 13.2 Å². The molecule has 0 aliphatic carbocycles. The molecule has 1 atom stereocenters. The molecule has 1 aliphatic heterocycles. The van der Waals surface area contributed by atoms with Gasteiger partial charge in [-0.2, -0.15) is 0 Å². The smallest absolute Gasteiger partial charge is 0.187 e. The molecule has 3 heterocycles. The molecule has 1 fully saturated rings. The monoisotopic (exact) mass is 360 g/mol. The maximum Gasteiger partial charge on any atom is 0.187 e. The number of hydrogen-bond donors (Lipinski definition) is 0. The van der Waals surface area contributed by atoms with E-state index in [4.69, 9.17) is 4.74 Å². The van der Waals surface area contributed by atoms with Crippen molar-refractivity contribution in [1.82, 2.24) is 9.97 Å². The van der Waals surface area contributed by atoms with Crippen molar-refractivity contribution in [2.24, 2.45) is 0 Å². The van der Waals surface area contributed by atoms with Gasteiger partial charge in [0.2, 0.25) is 0 Å². The third-order valence-electron chi connectivity index (χ3n) is 4.02. The second-order valence-corrected chi connectivity index (χ2v) is 8.63. The first-order valence-corrected chi connectivity index (χ1v) is 9.93. The summed E-state index contributed by atoms with van der Waals surface area (Å²) in [6.07, 6.45) is 1.99.